The highest BCUT2D eigenvalue weighted by molar-refractivity contribution is 7.89. The van der Waals surface area contributed by atoms with E-state index in [1.165, 1.54) is 35.6 Å². The van der Waals surface area contributed by atoms with E-state index in [0.29, 0.717) is 33.5 Å². The standard InChI is InChI=1S/C21H19ClN4O4S2/c22-13-6-4-12(5-7-13)19(27)26-21-25-18-16(2-1-3-17(18)31-21)20(28)24-14-8-10-15(11-9-14)32(23,29)30/h4-11,16H,1-3H2,(H,24,28)(H2,23,29,30)(H,25,26,27). The Morgan fingerprint density at radius 2 is 1.75 bits per heavy atom. The number of sulfonamides is 1. The first-order valence-corrected chi connectivity index (χ1v) is 12.4. The smallest absolute Gasteiger partial charge is 0.257 e. The van der Waals surface area contributed by atoms with Gasteiger partial charge in [0.1, 0.15) is 0 Å². The first-order chi connectivity index (χ1) is 15.2. The molecule has 0 aliphatic heterocycles. The Kier molecular flexibility index (Phi) is 6.29. The maximum absolute atomic E-state index is 12.9. The molecule has 1 aromatic heterocycles. The summed E-state index contributed by atoms with van der Waals surface area (Å²) in [6.45, 7) is 0. The van der Waals surface area contributed by atoms with E-state index in [9.17, 15) is 18.0 Å². The Morgan fingerprint density at radius 3 is 2.41 bits per heavy atom. The topological polar surface area (TPSA) is 131 Å². The quantitative estimate of drug-likeness (QED) is 0.501. The number of primary sulfonamides is 1. The van der Waals surface area contributed by atoms with Gasteiger partial charge in [0.05, 0.1) is 16.5 Å². The average molecular weight is 491 g/mol. The van der Waals surface area contributed by atoms with E-state index >= 15 is 0 Å². The van der Waals surface area contributed by atoms with Crippen molar-refractivity contribution in [2.45, 2.75) is 30.1 Å². The molecule has 0 bridgehead atoms. The van der Waals surface area contributed by atoms with Crippen LogP contribution in [0.25, 0.3) is 0 Å². The third-order valence-electron chi connectivity index (χ3n) is 5.05. The Hall–Kier alpha value is -2.79. The number of nitrogens with one attached hydrogen (secondary N) is 2. The van der Waals surface area contributed by atoms with Gasteiger partial charge in [-0.3, -0.25) is 14.9 Å². The maximum atomic E-state index is 12.9. The van der Waals surface area contributed by atoms with Gasteiger partial charge in [0.15, 0.2) is 5.13 Å². The highest BCUT2D eigenvalue weighted by Gasteiger charge is 2.30. The number of thiazole rings is 1. The van der Waals surface area contributed by atoms with Gasteiger partial charge in [-0.05, 0) is 67.8 Å². The van der Waals surface area contributed by atoms with Crippen LogP contribution in [0.5, 0.6) is 0 Å². The lowest BCUT2D eigenvalue weighted by molar-refractivity contribution is -0.117. The monoisotopic (exact) mass is 490 g/mol. The van der Waals surface area contributed by atoms with Gasteiger partial charge in [-0.25, -0.2) is 18.5 Å². The Balaban J connectivity index is 1.48. The lowest BCUT2D eigenvalue weighted by Crippen LogP contribution is -2.24. The summed E-state index contributed by atoms with van der Waals surface area (Å²) in [5.41, 5.74) is 1.58. The predicted molar refractivity (Wildman–Crippen MR) is 124 cm³/mol. The molecular weight excluding hydrogens is 472 g/mol. The minimum Gasteiger partial charge on any atom is -0.326 e. The second-order valence-electron chi connectivity index (χ2n) is 7.29. The minimum absolute atomic E-state index is 0.0315. The van der Waals surface area contributed by atoms with Gasteiger partial charge in [-0.1, -0.05) is 11.6 Å². The van der Waals surface area contributed by atoms with Crippen LogP contribution in [0.15, 0.2) is 53.4 Å². The molecule has 0 spiro atoms. The molecule has 1 unspecified atom stereocenters. The lowest BCUT2D eigenvalue weighted by atomic mass is 9.90. The van der Waals surface area contributed by atoms with Crippen LogP contribution in [0.3, 0.4) is 0 Å². The molecule has 2 amide bonds. The highest BCUT2D eigenvalue weighted by atomic mass is 35.5. The maximum Gasteiger partial charge on any atom is 0.257 e. The number of nitrogens with two attached hydrogens (primary N) is 1. The fraction of sp³-hybridized carbons (Fsp3) is 0.190. The number of hydrogen-bond donors (Lipinski definition) is 3. The fourth-order valence-corrected chi connectivity index (χ4v) is 5.16. The Morgan fingerprint density at radius 1 is 1.06 bits per heavy atom. The SMILES string of the molecule is NS(=O)(=O)c1ccc(NC(=O)C2CCCc3sc(NC(=O)c4ccc(Cl)cc4)nc32)cc1. The fourth-order valence-electron chi connectivity index (χ4n) is 3.45. The van der Waals surface area contributed by atoms with Gasteiger partial charge in [-0.2, -0.15) is 0 Å². The first kappa shape index (κ1) is 22.4. The summed E-state index contributed by atoms with van der Waals surface area (Å²) in [5.74, 6) is -1.01. The molecule has 3 aromatic rings. The van der Waals surface area contributed by atoms with Crippen molar-refractivity contribution in [3.8, 4) is 0 Å². The van der Waals surface area contributed by atoms with Crippen molar-refractivity contribution in [3.63, 3.8) is 0 Å². The van der Waals surface area contributed by atoms with Crippen molar-refractivity contribution in [1.29, 1.82) is 0 Å². The summed E-state index contributed by atoms with van der Waals surface area (Å²) in [6, 6.07) is 12.2. The number of benzene rings is 2. The number of fused-ring (bicyclic) bond motifs is 1. The average Bonchev–Trinajstić information content (AvgIpc) is 3.16. The number of rotatable bonds is 5. The molecule has 0 fully saturated rings. The molecule has 32 heavy (non-hydrogen) atoms. The van der Waals surface area contributed by atoms with Crippen molar-refractivity contribution >= 4 is 55.6 Å². The molecule has 8 nitrogen and oxygen atoms in total. The zero-order valence-electron chi connectivity index (χ0n) is 16.7. The van der Waals surface area contributed by atoms with Gasteiger partial charge in [0.25, 0.3) is 5.91 Å². The zero-order valence-corrected chi connectivity index (χ0v) is 19.1. The minimum atomic E-state index is -3.80. The second-order valence-corrected chi connectivity index (χ2v) is 10.4. The van der Waals surface area contributed by atoms with Crippen LogP contribution in [0.1, 0.15) is 39.7 Å². The largest absolute Gasteiger partial charge is 0.326 e. The van der Waals surface area contributed by atoms with Crippen LogP contribution >= 0.6 is 22.9 Å². The van der Waals surface area contributed by atoms with E-state index < -0.39 is 15.9 Å². The van der Waals surface area contributed by atoms with E-state index in [-0.39, 0.29) is 16.7 Å². The van der Waals surface area contributed by atoms with E-state index in [1.54, 1.807) is 24.3 Å². The molecule has 1 atom stereocenters. The lowest BCUT2D eigenvalue weighted by Gasteiger charge is -2.20. The van der Waals surface area contributed by atoms with Crippen molar-refractivity contribution in [3.05, 3.63) is 69.7 Å². The molecule has 1 heterocycles. The van der Waals surface area contributed by atoms with Crippen LogP contribution in [0.4, 0.5) is 10.8 Å². The summed E-state index contributed by atoms with van der Waals surface area (Å²) in [6.07, 6.45) is 2.24. The third kappa shape index (κ3) is 4.99. The third-order valence-corrected chi connectivity index (χ3v) is 7.28. The normalized spacial score (nSPS) is 15.6. The number of nitrogens with zero attached hydrogens (tertiary/aromatic N) is 1. The van der Waals surface area contributed by atoms with Crippen LogP contribution in [0, 0.1) is 0 Å². The number of hydrogen-bond acceptors (Lipinski definition) is 6. The van der Waals surface area contributed by atoms with Crippen LogP contribution < -0.4 is 15.8 Å². The molecular formula is C21H19ClN4O4S2. The summed E-state index contributed by atoms with van der Waals surface area (Å²) in [7, 11) is -3.80. The summed E-state index contributed by atoms with van der Waals surface area (Å²) in [5, 5.41) is 11.7. The van der Waals surface area contributed by atoms with Gasteiger partial charge in [0, 0.05) is 21.2 Å². The number of aryl methyl sites for hydroxylation is 1. The van der Waals surface area contributed by atoms with Crippen molar-refractivity contribution in [1.82, 2.24) is 4.98 Å². The molecule has 4 rings (SSSR count). The summed E-state index contributed by atoms with van der Waals surface area (Å²) in [4.78, 5) is 30.8. The Bertz CT molecular complexity index is 1270. The van der Waals surface area contributed by atoms with Crippen LogP contribution in [-0.2, 0) is 21.2 Å². The molecule has 11 heteroatoms. The summed E-state index contributed by atoms with van der Waals surface area (Å²) < 4.78 is 22.8. The number of halogens is 1. The molecule has 4 N–H and O–H groups in total. The second kappa shape index (κ2) is 8.99. The van der Waals surface area contributed by atoms with Gasteiger partial charge < -0.3 is 5.32 Å². The number of amides is 2. The van der Waals surface area contributed by atoms with E-state index in [1.807, 2.05) is 0 Å². The van der Waals surface area contributed by atoms with E-state index in [2.05, 4.69) is 15.6 Å². The van der Waals surface area contributed by atoms with Crippen molar-refractivity contribution in [2.24, 2.45) is 5.14 Å². The molecule has 1 aliphatic rings. The number of anilines is 2. The highest BCUT2D eigenvalue weighted by Crippen LogP contribution is 2.37. The molecule has 1 aliphatic carbocycles. The molecule has 0 saturated carbocycles. The number of aromatic nitrogens is 1. The molecule has 0 radical (unpaired) electrons. The van der Waals surface area contributed by atoms with Gasteiger partial charge >= 0.3 is 0 Å². The summed E-state index contributed by atoms with van der Waals surface area (Å²) >= 11 is 7.23. The van der Waals surface area contributed by atoms with Crippen LogP contribution in [-0.4, -0.2) is 25.2 Å². The van der Waals surface area contributed by atoms with Crippen molar-refractivity contribution in [2.75, 3.05) is 10.6 Å². The van der Waals surface area contributed by atoms with Crippen LogP contribution in [0.2, 0.25) is 5.02 Å². The molecule has 2 aromatic carbocycles. The van der Waals surface area contributed by atoms with Gasteiger partial charge in [0.2, 0.25) is 15.9 Å². The zero-order chi connectivity index (χ0) is 22.9. The first-order valence-electron chi connectivity index (χ1n) is 9.71. The predicted octanol–water partition coefficient (Wildman–Crippen LogP) is 3.75. The number of carbonyl (C=O) groups excluding carboxylic acids is 2. The van der Waals surface area contributed by atoms with E-state index in [0.717, 1.165) is 17.7 Å². The number of carbonyl (C=O) groups is 2. The molecule has 166 valence electrons. The van der Waals surface area contributed by atoms with E-state index in [4.69, 9.17) is 16.7 Å². The van der Waals surface area contributed by atoms with Crippen molar-refractivity contribution < 1.29 is 18.0 Å². The van der Waals surface area contributed by atoms with Gasteiger partial charge in [-0.15, -0.1) is 11.3 Å². The molecule has 0 saturated heterocycles. The Labute approximate surface area is 193 Å².